The molecule has 5 nitrogen and oxygen atoms in total. The zero-order valence-corrected chi connectivity index (χ0v) is 17.5. The van der Waals surface area contributed by atoms with E-state index in [1.165, 1.54) is 30.9 Å². The minimum absolute atomic E-state index is 0.0443. The van der Waals surface area contributed by atoms with Gasteiger partial charge in [-0.3, -0.25) is 4.79 Å². The number of hydrogen-bond acceptors (Lipinski definition) is 4. The van der Waals surface area contributed by atoms with Crippen LogP contribution in [0.25, 0.3) is 0 Å². The molecule has 0 unspecified atom stereocenters. The van der Waals surface area contributed by atoms with Crippen molar-refractivity contribution >= 4 is 60.9 Å². The molecule has 0 aliphatic carbocycles. The lowest BCUT2D eigenvalue weighted by Gasteiger charge is -2.18. The average molecular weight is 464 g/mol. The van der Waals surface area contributed by atoms with Gasteiger partial charge in [-0.1, -0.05) is 39.7 Å². The molecule has 0 aliphatic heterocycles. The lowest BCUT2D eigenvalue weighted by atomic mass is 10.3. The summed E-state index contributed by atoms with van der Waals surface area (Å²) in [5.41, 5.74) is 0.646. The molecule has 2 aromatic carbocycles. The Balaban J connectivity index is 2.15. The molecular formula is C16H16BrClN2O3S2. The molecule has 2 aromatic rings. The van der Waals surface area contributed by atoms with Crippen LogP contribution < -0.4 is 5.32 Å². The fourth-order valence-electron chi connectivity index (χ4n) is 2.08. The number of para-hydroxylation sites is 1. The number of nitrogens with one attached hydrogen (secondary N) is 1. The van der Waals surface area contributed by atoms with Gasteiger partial charge in [-0.05, 0) is 36.6 Å². The zero-order chi connectivity index (χ0) is 18.6. The van der Waals surface area contributed by atoms with Gasteiger partial charge in [0.2, 0.25) is 15.9 Å². The molecule has 0 bridgehead atoms. The number of benzene rings is 2. The highest BCUT2D eigenvalue weighted by atomic mass is 79.9. The van der Waals surface area contributed by atoms with E-state index in [4.69, 9.17) is 11.6 Å². The van der Waals surface area contributed by atoms with Crippen molar-refractivity contribution < 1.29 is 13.2 Å². The van der Waals surface area contributed by atoms with E-state index in [1.54, 1.807) is 18.2 Å². The Morgan fingerprint density at radius 1 is 1.28 bits per heavy atom. The lowest BCUT2D eigenvalue weighted by molar-refractivity contribution is -0.116. The van der Waals surface area contributed by atoms with Crippen LogP contribution in [0.4, 0.5) is 5.69 Å². The second kappa shape index (κ2) is 8.55. The molecule has 0 radical (unpaired) electrons. The average Bonchev–Trinajstić information content (AvgIpc) is 2.54. The van der Waals surface area contributed by atoms with Crippen LogP contribution in [0.2, 0.25) is 5.02 Å². The maximum Gasteiger partial charge on any atom is 0.244 e. The van der Waals surface area contributed by atoms with Gasteiger partial charge in [0.25, 0.3) is 0 Å². The number of anilines is 1. The van der Waals surface area contributed by atoms with E-state index < -0.39 is 15.9 Å². The van der Waals surface area contributed by atoms with E-state index in [-0.39, 0.29) is 16.5 Å². The molecule has 0 fully saturated rings. The van der Waals surface area contributed by atoms with Gasteiger partial charge >= 0.3 is 0 Å². The van der Waals surface area contributed by atoms with Crippen molar-refractivity contribution in [1.29, 1.82) is 0 Å². The second-order valence-corrected chi connectivity index (χ2v) is 9.27. The van der Waals surface area contributed by atoms with Gasteiger partial charge in [0.05, 0.1) is 17.3 Å². The number of sulfonamides is 1. The third kappa shape index (κ3) is 4.98. The Bertz CT molecular complexity index is 891. The molecule has 0 saturated carbocycles. The summed E-state index contributed by atoms with van der Waals surface area (Å²) in [6.07, 6.45) is 1.90. The fraction of sp³-hybridized carbons (Fsp3) is 0.188. The van der Waals surface area contributed by atoms with Gasteiger partial charge in [-0.25, -0.2) is 8.42 Å². The highest BCUT2D eigenvalue weighted by Gasteiger charge is 2.25. The second-order valence-electron chi connectivity index (χ2n) is 5.08. The molecule has 0 spiro atoms. The molecule has 0 heterocycles. The van der Waals surface area contributed by atoms with Gasteiger partial charge in [-0.15, -0.1) is 11.8 Å². The van der Waals surface area contributed by atoms with Crippen molar-refractivity contribution in [2.24, 2.45) is 0 Å². The summed E-state index contributed by atoms with van der Waals surface area (Å²) in [5, 5.41) is 2.83. The molecular weight excluding hydrogens is 448 g/mol. The minimum atomic E-state index is -3.87. The van der Waals surface area contributed by atoms with Gasteiger partial charge < -0.3 is 5.32 Å². The van der Waals surface area contributed by atoms with E-state index in [0.717, 1.165) is 9.20 Å². The summed E-state index contributed by atoms with van der Waals surface area (Å²) < 4.78 is 26.9. The van der Waals surface area contributed by atoms with E-state index in [0.29, 0.717) is 10.2 Å². The molecule has 2 rings (SSSR count). The van der Waals surface area contributed by atoms with Crippen LogP contribution in [0.5, 0.6) is 0 Å². The maximum absolute atomic E-state index is 12.6. The fourth-order valence-corrected chi connectivity index (χ4v) is 4.77. The summed E-state index contributed by atoms with van der Waals surface area (Å²) in [4.78, 5) is 13.1. The van der Waals surface area contributed by atoms with E-state index >= 15 is 0 Å². The third-order valence-corrected chi connectivity index (χ3v) is 6.90. The number of carbonyl (C=O) groups excluding carboxylic acids is 1. The maximum atomic E-state index is 12.6. The van der Waals surface area contributed by atoms with Crippen LogP contribution in [0.15, 0.2) is 56.7 Å². The third-order valence-electron chi connectivity index (χ3n) is 3.33. The van der Waals surface area contributed by atoms with Crippen LogP contribution in [-0.4, -0.2) is 38.5 Å². The van der Waals surface area contributed by atoms with Crippen molar-refractivity contribution in [1.82, 2.24) is 4.31 Å². The summed E-state index contributed by atoms with van der Waals surface area (Å²) >= 11 is 10.8. The van der Waals surface area contributed by atoms with Crippen LogP contribution in [0, 0.1) is 0 Å². The highest BCUT2D eigenvalue weighted by molar-refractivity contribution is 9.10. The molecule has 0 aromatic heterocycles. The van der Waals surface area contributed by atoms with Crippen molar-refractivity contribution in [3.05, 3.63) is 52.0 Å². The number of nitrogens with zero attached hydrogens (tertiary/aromatic N) is 1. The largest absolute Gasteiger partial charge is 0.324 e. The quantitative estimate of drug-likeness (QED) is 0.656. The minimum Gasteiger partial charge on any atom is -0.324 e. The van der Waals surface area contributed by atoms with Crippen molar-refractivity contribution in [2.45, 2.75) is 9.79 Å². The Labute approximate surface area is 164 Å². The Morgan fingerprint density at radius 3 is 2.60 bits per heavy atom. The van der Waals surface area contributed by atoms with E-state index in [2.05, 4.69) is 21.2 Å². The summed E-state index contributed by atoms with van der Waals surface area (Å²) in [6.45, 7) is -0.322. The number of amides is 1. The SMILES string of the molecule is CSc1ccccc1NC(=O)CN(C)S(=O)(=O)c1ccc(Br)cc1Cl. The number of thioether (sulfide) groups is 1. The topological polar surface area (TPSA) is 66.5 Å². The zero-order valence-electron chi connectivity index (χ0n) is 13.5. The molecule has 0 saturated heterocycles. The lowest BCUT2D eigenvalue weighted by Crippen LogP contribution is -2.35. The molecule has 1 N–H and O–H groups in total. The van der Waals surface area contributed by atoms with Gasteiger partial charge in [0, 0.05) is 16.4 Å². The molecule has 0 atom stereocenters. The van der Waals surface area contributed by atoms with Crippen molar-refractivity contribution in [3.63, 3.8) is 0 Å². The van der Waals surface area contributed by atoms with Gasteiger partial charge in [0.1, 0.15) is 4.90 Å². The first-order valence-corrected chi connectivity index (χ1v) is 10.9. The van der Waals surface area contributed by atoms with Crippen LogP contribution in [0.1, 0.15) is 0 Å². The van der Waals surface area contributed by atoms with Gasteiger partial charge in [0.15, 0.2) is 0 Å². The Hall–Kier alpha value is -1.06. The first kappa shape index (κ1) is 20.3. The van der Waals surface area contributed by atoms with Crippen molar-refractivity contribution in [2.75, 3.05) is 25.2 Å². The van der Waals surface area contributed by atoms with E-state index in [1.807, 2.05) is 18.4 Å². The normalized spacial score (nSPS) is 11.6. The van der Waals surface area contributed by atoms with Crippen LogP contribution >= 0.6 is 39.3 Å². The molecule has 0 aliphatic rings. The first-order valence-electron chi connectivity index (χ1n) is 7.10. The molecule has 9 heteroatoms. The summed E-state index contributed by atoms with van der Waals surface area (Å²) in [7, 11) is -2.53. The predicted octanol–water partition coefficient (Wildman–Crippen LogP) is 4.08. The standard InChI is InChI=1S/C16H16BrClN2O3S2/c1-20(25(22,23)15-8-7-11(17)9-12(15)18)10-16(21)19-13-5-3-4-6-14(13)24-2/h3-9H,10H2,1-2H3,(H,19,21). The monoisotopic (exact) mass is 462 g/mol. The number of likely N-dealkylation sites (N-methyl/N-ethyl adjacent to an activating group) is 1. The number of halogens is 2. The van der Waals surface area contributed by atoms with Crippen molar-refractivity contribution in [3.8, 4) is 0 Å². The van der Waals surface area contributed by atoms with E-state index in [9.17, 15) is 13.2 Å². The highest BCUT2D eigenvalue weighted by Crippen LogP contribution is 2.28. The number of carbonyl (C=O) groups is 1. The smallest absolute Gasteiger partial charge is 0.244 e. The number of rotatable bonds is 6. The summed E-state index contributed by atoms with van der Waals surface area (Å²) in [5.74, 6) is -0.430. The Morgan fingerprint density at radius 2 is 1.96 bits per heavy atom. The molecule has 134 valence electrons. The van der Waals surface area contributed by atoms with Crippen LogP contribution in [0.3, 0.4) is 0 Å². The van der Waals surface area contributed by atoms with Crippen LogP contribution in [-0.2, 0) is 14.8 Å². The van der Waals surface area contributed by atoms with Gasteiger partial charge in [-0.2, -0.15) is 4.31 Å². The molecule has 1 amide bonds. The summed E-state index contributed by atoms with van der Waals surface area (Å²) in [6, 6.07) is 11.8. The first-order chi connectivity index (χ1) is 11.8. The Kier molecular flexibility index (Phi) is 6.93. The molecule has 25 heavy (non-hydrogen) atoms. The number of hydrogen-bond donors (Lipinski definition) is 1. The predicted molar refractivity (Wildman–Crippen MR) is 106 cm³/mol.